The van der Waals surface area contributed by atoms with Gasteiger partial charge in [-0.15, -0.1) is 0 Å². The van der Waals surface area contributed by atoms with E-state index >= 15 is 0 Å². The largest absolute Gasteiger partial charge is 0.502 e. The van der Waals surface area contributed by atoms with Crippen LogP contribution in [0.2, 0.25) is 0 Å². The third-order valence-corrected chi connectivity index (χ3v) is 4.91. The molecule has 0 radical (unpaired) electrons. The molecule has 0 saturated carbocycles. The van der Waals surface area contributed by atoms with E-state index < -0.39 is 56.3 Å². The fraction of sp³-hybridized carbons (Fsp3) is 0.0556. The molecule has 28 heavy (non-hydrogen) atoms. The molecule has 0 bridgehead atoms. The van der Waals surface area contributed by atoms with E-state index in [1.54, 1.807) is 6.07 Å². The molecule has 146 valence electrons. The van der Waals surface area contributed by atoms with Gasteiger partial charge in [-0.25, -0.2) is 21.9 Å². The maximum Gasteiger partial charge on any atom is 0.308 e. The molecule has 0 spiro atoms. The Balaban J connectivity index is 2.13. The zero-order valence-corrected chi connectivity index (χ0v) is 15.1. The Morgan fingerprint density at radius 3 is 2.43 bits per heavy atom. The van der Waals surface area contributed by atoms with E-state index in [-0.39, 0.29) is 4.90 Å². The van der Waals surface area contributed by atoms with E-state index in [2.05, 4.69) is 0 Å². The molecule has 0 aliphatic carbocycles. The van der Waals surface area contributed by atoms with Crippen LogP contribution in [0.3, 0.4) is 0 Å². The summed E-state index contributed by atoms with van der Waals surface area (Å²) in [4.78, 5) is 11.2. The molecule has 0 amide bonds. The average molecular weight is 409 g/mol. The highest BCUT2D eigenvalue weighted by Crippen LogP contribution is 2.47. The molecule has 7 nitrogen and oxygen atoms in total. The molecule has 2 N–H and O–H groups in total. The maximum absolute atomic E-state index is 14.1. The van der Waals surface area contributed by atoms with Crippen molar-refractivity contribution in [3.05, 3.63) is 60.2 Å². The fourth-order valence-corrected chi connectivity index (χ4v) is 3.37. The summed E-state index contributed by atoms with van der Waals surface area (Å²) in [6.07, 6.45) is 0. The first-order chi connectivity index (χ1) is 13.2. The molecule has 0 unspecified atom stereocenters. The van der Waals surface area contributed by atoms with Crippen LogP contribution in [-0.2, 0) is 14.8 Å². The number of sulfonamides is 1. The minimum Gasteiger partial charge on any atom is -0.502 e. The lowest BCUT2D eigenvalue weighted by atomic mass is 10.1. The Kier molecular flexibility index (Phi) is 5.06. The van der Waals surface area contributed by atoms with Gasteiger partial charge in [0.05, 0.1) is 10.5 Å². The average Bonchev–Trinajstić information content (AvgIpc) is 2.93. The van der Waals surface area contributed by atoms with Crippen LogP contribution in [0.4, 0.5) is 14.7 Å². The number of halogens is 2. The lowest BCUT2D eigenvalue weighted by Gasteiger charge is -2.07. The summed E-state index contributed by atoms with van der Waals surface area (Å²) in [7, 11) is -4.19. The number of hydrogen-bond donors (Lipinski definition) is 2. The SMILES string of the molecule is CC(=O)Oc1c(NS(=O)(=O)c2ccccc2)oc(-c2cccc(F)c2F)c1O. The van der Waals surface area contributed by atoms with Gasteiger partial charge in [0.25, 0.3) is 15.9 Å². The van der Waals surface area contributed by atoms with Gasteiger partial charge in [-0.2, -0.15) is 0 Å². The lowest BCUT2D eigenvalue weighted by molar-refractivity contribution is -0.131. The van der Waals surface area contributed by atoms with Crippen LogP contribution < -0.4 is 9.46 Å². The normalized spacial score (nSPS) is 11.2. The Labute approximate surface area is 158 Å². The molecule has 0 atom stereocenters. The molecular formula is C18H13F2NO6S. The molecule has 1 aromatic heterocycles. The molecule has 1 heterocycles. The molecule has 3 aromatic rings. The second-order valence-corrected chi connectivity index (χ2v) is 7.23. The molecule has 10 heteroatoms. The molecule has 0 aliphatic rings. The van der Waals surface area contributed by atoms with Crippen LogP contribution in [-0.4, -0.2) is 19.5 Å². The van der Waals surface area contributed by atoms with E-state index in [0.29, 0.717) is 0 Å². The molecule has 3 rings (SSSR count). The van der Waals surface area contributed by atoms with E-state index in [1.807, 2.05) is 4.72 Å². The van der Waals surface area contributed by atoms with E-state index in [1.165, 1.54) is 24.3 Å². The number of hydrogen-bond acceptors (Lipinski definition) is 6. The highest BCUT2D eigenvalue weighted by molar-refractivity contribution is 7.92. The van der Waals surface area contributed by atoms with Gasteiger partial charge in [-0.1, -0.05) is 24.3 Å². The van der Waals surface area contributed by atoms with Crippen molar-refractivity contribution in [2.45, 2.75) is 11.8 Å². The Morgan fingerprint density at radius 2 is 1.79 bits per heavy atom. The number of carbonyl (C=O) groups excluding carboxylic acids is 1. The van der Waals surface area contributed by atoms with Crippen molar-refractivity contribution in [1.82, 2.24) is 0 Å². The van der Waals surface area contributed by atoms with Crippen molar-refractivity contribution in [3.8, 4) is 22.8 Å². The first kappa shape index (κ1) is 19.4. The lowest BCUT2D eigenvalue weighted by Crippen LogP contribution is -2.13. The summed E-state index contributed by atoms with van der Waals surface area (Å²) < 4.78 is 64.6. The van der Waals surface area contributed by atoms with E-state index in [0.717, 1.165) is 25.1 Å². The van der Waals surface area contributed by atoms with Gasteiger partial charge in [-0.05, 0) is 24.3 Å². The number of nitrogens with one attached hydrogen (secondary N) is 1. The van der Waals surface area contributed by atoms with Gasteiger partial charge in [0.15, 0.2) is 17.4 Å². The predicted molar refractivity (Wildman–Crippen MR) is 94.3 cm³/mol. The standard InChI is InChI=1S/C18H13F2NO6S/c1-10(22)26-17-15(23)16(12-8-5-9-13(19)14(12)20)27-18(17)21-28(24,25)11-6-3-2-4-7-11/h2-9,21,23H,1H3. The Bertz CT molecular complexity index is 1140. The second-order valence-electron chi connectivity index (χ2n) is 5.55. The highest BCUT2D eigenvalue weighted by atomic mass is 32.2. The topological polar surface area (TPSA) is 106 Å². The van der Waals surface area contributed by atoms with Crippen LogP contribution in [0.5, 0.6) is 11.5 Å². The van der Waals surface area contributed by atoms with Crippen molar-refractivity contribution >= 4 is 21.9 Å². The van der Waals surface area contributed by atoms with Gasteiger partial charge in [-0.3, -0.25) is 4.79 Å². The third-order valence-electron chi connectivity index (χ3n) is 3.56. The molecule has 0 aliphatic heterocycles. The van der Waals surface area contributed by atoms with Crippen molar-refractivity contribution in [2.24, 2.45) is 0 Å². The van der Waals surface area contributed by atoms with E-state index in [4.69, 9.17) is 9.15 Å². The van der Waals surface area contributed by atoms with Crippen molar-refractivity contribution in [3.63, 3.8) is 0 Å². The van der Waals surface area contributed by atoms with Crippen LogP contribution in [0.1, 0.15) is 6.92 Å². The first-order valence-electron chi connectivity index (χ1n) is 7.77. The number of ether oxygens (including phenoxy) is 1. The Hall–Kier alpha value is -3.40. The number of aromatic hydroxyl groups is 1. The summed E-state index contributed by atoms with van der Waals surface area (Å²) in [5.74, 6) is -6.28. The fourth-order valence-electron chi connectivity index (χ4n) is 2.36. The van der Waals surface area contributed by atoms with Gasteiger partial charge < -0.3 is 14.3 Å². The molecule has 0 fully saturated rings. The number of rotatable bonds is 5. The third kappa shape index (κ3) is 3.67. The maximum atomic E-state index is 14.1. The van der Waals surface area contributed by atoms with Crippen molar-refractivity contribution in [2.75, 3.05) is 4.72 Å². The molecule has 0 saturated heterocycles. The summed E-state index contributed by atoms with van der Waals surface area (Å²) >= 11 is 0. The smallest absolute Gasteiger partial charge is 0.308 e. The van der Waals surface area contributed by atoms with Gasteiger partial charge in [0.2, 0.25) is 11.5 Å². The minimum absolute atomic E-state index is 0.141. The molecular weight excluding hydrogens is 396 g/mol. The predicted octanol–water partition coefficient (Wildman–Crippen LogP) is 3.66. The number of esters is 1. The summed E-state index contributed by atoms with van der Waals surface area (Å²) in [6.45, 7) is 1.00. The first-order valence-corrected chi connectivity index (χ1v) is 9.25. The van der Waals surface area contributed by atoms with Crippen molar-refractivity contribution in [1.29, 1.82) is 0 Å². The zero-order chi connectivity index (χ0) is 20.5. The van der Waals surface area contributed by atoms with E-state index in [9.17, 15) is 27.1 Å². The highest BCUT2D eigenvalue weighted by Gasteiger charge is 2.29. The summed E-state index contributed by atoms with van der Waals surface area (Å²) in [5.41, 5.74) is -0.490. The monoisotopic (exact) mass is 409 g/mol. The molecule has 2 aromatic carbocycles. The summed E-state index contributed by atoms with van der Waals surface area (Å²) in [6, 6.07) is 10.3. The Morgan fingerprint density at radius 1 is 1.11 bits per heavy atom. The second kappa shape index (κ2) is 7.31. The quantitative estimate of drug-likeness (QED) is 0.623. The minimum atomic E-state index is -4.19. The van der Waals surface area contributed by atoms with Crippen LogP contribution in [0, 0.1) is 11.6 Å². The van der Waals surface area contributed by atoms with Crippen LogP contribution in [0.25, 0.3) is 11.3 Å². The van der Waals surface area contributed by atoms with Crippen molar-refractivity contribution < 1.29 is 36.3 Å². The number of furan rings is 1. The number of carbonyl (C=O) groups is 1. The van der Waals surface area contributed by atoms with Crippen LogP contribution >= 0.6 is 0 Å². The summed E-state index contributed by atoms with van der Waals surface area (Å²) in [5, 5.41) is 10.3. The number of benzene rings is 2. The van der Waals surface area contributed by atoms with Gasteiger partial charge in [0.1, 0.15) is 0 Å². The van der Waals surface area contributed by atoms with Gasteiger partial charge >= 0.3 is 5.97 Å². The zero-order valence-electron chi connectivity index (χ0n) is 14.3. The number of anilines is 1. The van der Waals surface area contributed by atoms with Crippen LogP contribution in [0.15, 0.2) is 57.8 Å². The van der Waals surface area contributed by atoms with Gasteiger partial charge in [0, 0.05) is 6.92 Å².